The minimum absolute atomic E-state index is 0.0564. The van der Waals surface area contributed by atoms with Crippen molar-refractivity contribution in [2.45, 2.75) is 25.2 Å². The highest BCUT2D eigenvalue weighted by molar-refractivity contribution is 5.94. The van der Waals surface area contributed by atoms with Crippen LogP contribution in [-0.4, -0.2) is 29.2 Å². The predicted octanol–water partition coefficient (Wildman–Crippen LogP) is 0.150. The molecule has 5 nitrogen and oxygen atoms in total. The van der Waals surface area contributed by atoms with Gasteiger partial charge in [-0.15, -0.1) is 0 Å². The van der Waals surface area contributed by atoms with Gasteiger partial charge < -0.3 is 11.1 Å². The van der Waals surface area contributed by atoms with Gasteiger partial charge in [-0.3, -0.25) is 9.89 Å². The van der Waals surface area contributed by atoms with E-state index in [0.717, 1.165) is 31.6 Å². The summed E-state index contributed by atoms with van der Waals surface area (Å²) < 4.78 is 0. The summed E-state index contributed by atoms with van der Waals surface area (Å²) >= 11 is 0. The van der Waals surface area contributed by atoms with Crippen molar-refractivity contribution in [3.63, 3.8) is 0 Å². The largest absolute Gasteiger partial charge is 0.365 e. The maximum absolute atomic E-state index is 11.2. The van der Waals surface area contributed by atoms with Crippen LogP contribution in [0.5, 0.6) is 0 Å². The number of amides is 1. The summed E-state index contributed by atoms with van der Waals surface area (Å²) in [6.45, 7) is 4.02. The van der Waals surface area contributed by atoms with Gasteiger partial charge >= 0.3 is 0 Å². The number of hydrogen-bond acceptors (Lipinski definition) is 3. The number of aromatic amines is 1. The zero-order valence-corrected chi connectivity index (χ0v) is 8.84. The van der Waals surface area contributed by atoms with Crippen molar-refractivity contribution in [3.8, 4) is 0 Å². The van der Waals surface area contributed by atoms with E-state index in [1.54, 1.807) is 0 Å². The van der Waals surface area contributed by atoms with E-state index in [9.17, 15) is 4.79 Å². The second-order valence-electron chi connectivity index (χ2n) is 4.36. The fraction of sp³-hybridized carbons (Fsp3) is 0.600. The molecular formula is C10H16N4O. The standard InChI is InChI=1S/C10H16N4O/c1-10(3-2-4-12-6-10)8-7(9(11)15)5-13-14-8/h5,12H,2-4,6H2,1H3,(H2,11,15)(H,13,14). The normalized spacial score (nSPS) is 26.5. The zero-order valence-electron chi connectivity index (χ0n) is 8.84. The molecule has 82 valence electrons. The topological polar surface area (TPSA) is 83.8 Å². The number of piperidine rings is 1. The molecule has 15 heavy (non-hydrogen) atoms. The average Bonchev–Trinajstić information content (AvgIpc) is 2.67. The van der Waals surface area contributed by atoms with Crippen molar-refractivity contribution in [2.24, 2.45) is 5.73 Å². The third-order valence-corrected chi connectivity index (χ3v) is 3.11. The van der Waals surface area contributed by atoms with Gasteiger partial charge in [-0.25, -0.2) is 0 Å². The lowest BCUT2D eigenvalue weighted by atomic mass is 9.78. The molecule has 1 aromatic heterocycles. The lowest BCUT2D eigenvalue weighted by Crippen LogP contribution is -2.42. The summed E-state index contributed by atoms with van der Waals surface area (Å²) in [6, 6.07) is 0. The van der Waals surface area contributed by atoms with Gasteiger partial charge in [0.2, 0.25) is 0 Å². The van der Waals surface area contributed by atoms with Crippen LogP contribution in [0.2, 0.25) is 0 Å². The lowest BCUT2D eigenvalue weighted by Gasteiger charge is -2.33. The number of nitrogens with zero attached hydrogens (tertiary/aromatic N) is 1. The zero-order chi connectivity index (χ0) is 10.9. The van der Waals surface area contributed by atoms with Crippen LogP contribution in [0.1, 0.15) is 35.8 Å². The molecule has 4 N–H and O–H groups in total. The van der Waals surface area contributed by atoms with Crippen LogP contribution in [-0.2, 0) is 5.41 Å². The minimum Gasteiger partial charge on any atom is -0.365 e. The van der Waals surface area contributed by atoms with Crippen LogP contribution in [0.15, 0.2) is 6.20 Å². The van der Waals surface area contributed by atoms with E-state index < -0.39 is 5.91 Å². The van der Waals surface area contributed by atoms with E-state index in [1.807, 2.05) is 0 Å². The Labute approximate surface area is 88.4 Å². The maximum Gasteiger partial charge on any atom is 0.252 e. The van der Waals surface area contributed by atoms with Gasteiger partial charge in [0, 0.05) is 12.0 Å². The first-order valence-electron chi connectivity index (χ1n) is 5.18. The molecule has 5 heteroatoms. The molecule has 0 spiro atoms. The molecule has 1 fully saturated rings. The van der Waals surface area contributed by atoms with Gasteiger partial charge in [-0.1, -0.05) is 6.92 Å². The van der Waals surface area contributed by atoms with Crippen LogP contribution in [0.3, 0.4) is 0 Å². The van der Waals surface area contributed by atoms with Crippen molar-refractivity contribution in [1.82, 2.24) is 15.5 Å². The molecule has 1 unspecified atom stereocenters. The number of primary amides is 1. The Morgan fingerprint density at radius 3 is 3.07 bits per heavy atom. The Hall–Kier alpha value is -1.36. The van der Waals surface area contributed by atoms with Gasteiger partial charge in [-0.05, 0) is 19.4 Å². The first-order valence-corrected chi connectivity index (χ1v) is 5.18. The molecule has 0 saturated carbocycles. The van der Waals surface area contributed by atoms with Crippen LogP contribution in [0.25, 0.3) is 0 Å². The van der Waals surface area contributed by atoms with E-state index >= 15 is 0 Å². The Morgan fingerprint density at radius 2 is 2.47 bits per heavy atom. The van der Waals surface area contributed by atoms with E-state index in [-0.39, 0.29) is 5.41 Å². The van der Waals surface area contributed by atoms with Crippen molar-refractivity contribution >= 4 is 5.91 Å². The fourth-order valence-corrected chi connectivity index (χ4v) is 2.20. The van der Waals surface area contributed by atoms with E-state index in [1.165, 1.54) is 6.20 Å². The molecule has 1 aliphatic rings. The summed E-state index contributed by atoms with van der Waals surface area (Å²) in [7, 11) is 0. The van der Waals surface area contributed by atoms with Gasteiger partial charge in [0.05, 0.1) is 17.5 Å². The Morgan fingerprint density at radius 1 is 1.67 bits per heavy atom. The molecule has 1 aromatic rings. The predicted molar refractivity (Wildman–Crippen MR) is 56.6 cm³/mol. The summed E-state index contributed by atoms with van der Waals surface area (Å²) in [4.78, 5) is 11.2. The first-order chi connectivity index (χ1) is 7.13. The van der Waals surface area contributed by atoms with Crippen molar-refractivity contribution in [1.29, 1.82) is 0 Å². The minimum atomic E-state index is -0.412. The summed E-state index contributed by atoms with van der Waals surface area (Å²) in [5.41, 5.74) is 6.63. The molecule has 1 saturated heterocycles. The molecule has 0 radical (unpaired) electrons. The van der Waals surface area contributed by atoms with Gasteiger partial charge in [-0.2, -0.15) is 5.10 Å². The van der Waals surface area contributed by atoms with E-state index in [0.29, 0.717) is 5.56 Å². The van der Waals surface area contributed by atoms with Gasteiger partial charge in [0.15, 0.2) is 0 Å². The Bertz CT molecular complexity index is 365. The smallest absolute Gasteiger partial charge is 0.252 e. The second-order valence-corrected chi connectivity index (χ2v) is 4.36. The molecule has 1 aliphatic heterocycles. The maximum atomic E-state index is 11.2. The molecule has 1 amide bonds. The third-order valence-electron chi connectivity index (χ3n) is 3.11. The summed E-state index contributed by atoms with van der Waals surface area (Å²) in [5.74, 6) is -0.412. The Kier molecular flexibility index (Phi) is 2.48. The SMILES string of the molecule is CC1(c2[nH]ncc2C(N)=O)CCCNC1. The van der Waals surface area contributed by atoms with Crippen molar-refractivity contribution in [2.75, 3.05) is 13.1 Å². The summed E-state index contributed by atoms with van der Waals surface area (Å²) in [6.07, 6.45) is 3.66. The molecule has 2 heterocycles. The van der Waals surface area contributed by atoms with Crippen molar-refractivity contribution in [3.05, 3.63) is 17.5 Å². The number of carbonyl (C=O) groups is 1. The molecule has 0 aliphatic carbocycles. The van der Waals surface area contributed by atoms with E-state index in [2.05, 4.69) is 22.4 Å². The Balaban J connectivity index is 2.34. The monoisotopic (exact) mass is 208 g/mol. The molecular weight excluding hydrogens is 192 g/mol. The van der Waals surface area contributed by atoms with Crippen LogP contribution in [0, 0.1) is 0 Å². The highest BCUT2D eigenvalue weighted by Gasteiger charge is 2.33. The van der Waals surface area contributed by atoms with Crippen LogP contribution >= 0.6 is 0 Å². The quantitative estimate of drug-likeness (QED) is 0.647. The number of aromatic nitrogens is 2. The number of H-pyrrole nitrogens is 1. The number of hydrogen-bond donors (Lipinski definition) is 3. The molecule has 0 bridgehead atoms. The molecule has 1 atom stereocenters. The summed E-state index contributed by atoms with van der Waals surface area (Å²) in [5, 5.41) is 10.1. The van der Waals surface area contributed by atoms with Crippen molar-refractivity contribution < 1.29 is 4.79 Å². The van der Waals surface area contributed by atoms with Crippen LogP contribution < -0.4 is 11.1 Å². The van der Waals surface area contributed by atoms with Crippen LogP contribution in [0.4, 0.5) is 0 Å². The highest BCUT2D eigenvalue weighted by atomic mass is 16.1. The first kappa shape index (κ1) is 10.2. The van der Waals surface area contributed by atoms with Gasteiger partial charge in [0.1, 0.15) is 0 Å². The van der Waals surface area contributed by atoms with Gasteiger partial charge in [0.25, 0.3) is 5.91 Å². The third kappa shape index (κ3) is 1.74. The second kappa shape index (κ2) is 3.66. The number of nitrogens with one attached hydrogen (secondary N) is 2. The molecule has 0 aromatic carbocycles. The van der Waals surface area contributed by atoms with E-state index in [4.69, 9.17) is 5.73 Å². The average molecular weight is 208 g/mol. The number of carbonyl (C=O) groups excluding carboxylic acids is 1. The number of rotatable bonds is 2. The fourth-order valence-electron chi connectivity index (χ4n) is 2.20. The number of nitrogens with two attached hydrogens (primary N) is 1. The lowest BCUT2D eigenvalue weighted by molar-refractivity contribution is 0.0997. The highest BCUT2D eigenvalue weighted by Crippen LogP contribution is 2.31. The molecule has 2 rings (SSSR count).